The zero-order valence-corrected chi connectivity index (χ0v) is 14.8. The SMILES string of the molecule is CCC(C)(C)c1ccc(NC(=O)NC2CCC(C(=O)O)CC2)cc1. The van der Waals surface area contributed by atoms with Crippen LogP contribution >= 0.6 is 0 Å². The maximum absolute atomic E-state index is 12.1. The lowest BCUT2D eigenvalue weighted by Gasteiger charge is -2.27. The van der Waals surface area contributed by atoms with E-state index in [0.29, 0.717) is 25.7 Å². The van der Waals surface area contributed by atoms with Crippen molar-refractivity contribution in [2.75, 3.05) is 5.32 Å². The molecule has 24 heavy (non-hydrogen) atoms. The topological polar surface area (TPSA) is 78.4 Å². The Morgan fingerprint density at radius 1 is 1.12 bits per heavy atom. The smallest absolute Gasteiger partial charge is 0.319 e. The summed E-state index contributed by atoms with van der Waals surface area (Å²) in [5, 5.41) is 14.8. The highest BCUT2D eigenvalue weighted by Crippen LogP contribution is 2.28. The number of carboxylic acids is 1. The third-order valence-electron chi connectivity index (χ3n) is 5.22. The maximum atomic E-state index is 12.1. The maximum Gasteiger partial charge on any atom is 0.319 e. The van der Waals surface area contributed by atoms with Crippen molar-refractivity contribution in [3.63, 3.8) is 0 Å². The van der Waals surface area contributed by atoms with E-state index in [1.54, 1.807) is 0 Å². The zero-order valence-electron chi connectivity index (χ0n) is 14.8. The molecule has 0 bridgehead atoms. The molecule has 0 heterocycles. The van der Waals surface area contributed by atoms with Crippen LogP contribution in [0.15, 0.2) is 24.3 Å². The van der Waals surface area contributed by atoms with Gasteiger partial charge in [-0.1, -0.05) is 32.9 Å². The van der Waals surface area contributed by atoms with Gasteiger partial charge < -0.3 is 15.7 Å². The number of urea groups is 1. The van der Waals surface area contributed by atoms with Gasteiger partial charge in [-0.05, 0) is 55.2 Å². The van der Waals surface area contributed by atoms with E-state index >= 15 is 0 Å². The van der Waals surface area contributed by atoms with E-state index in [4.69, 9.17) is 5.11 Å². The van der Waals surface area contributed by atoms with E-state index in [0.717, 1.165) is 12.1 Å². The molecule has 1 aromatic rings. The van der Waals surface area contributed by atoms with Crippen molar-refractivity contribution in [1.29, 1.82) is 0 Å². The molecule has 5 nitrogen and oxygen atoms in total. The van der Waals surface area contributed by atoms with Crippen molar-refractivity contribution in [3.8, 4) is 0 Å². The van der Waals surface area contributed by atoms with E-state index in [1.165, 1.54) is 5.56 Å². The molecule has 1 aliphatic carbocycles. The van der Waals surface area contributed by atoms with Crippen LogP contribution in [0.3, 0.4) is 0 Å². The summed E-state index contributed by atoms with van der Waals surface area (Å²) in [5.74, 6) is -0.992. The third-order valence-corrected chi connectivity index (χ3v) is 5.22. The van der Waals surface area contributed by atoms with Crippen molar-refractivity contribution < 1.29 is 14.7 Å². The predicted octanol–water partition coefficient (Wildman–Crippen LogP) is 4.14. The minimum atomic E-state index is -0.729. The van der Waals surface area contributed by atoms with Crippen molar-refractivity contribution >= 4 is 17.7 Å². The summed E-state index contributed by atoms with van der Waals surface area (Å²) in [6, 6.07) is 7.78. The Morgan fingerprint density at radius 3 is 2.21 bits per heavy atom. The lowest BCUT2D eigenvalue weighted by Crippen LogP contribution is -2.40. The van der Waals surface area contributed by atoms with Crippen LogP contribution in [0.2, 0.25) is 0 Å². The number of nitrogens with one attached hydrogen (secondary N) is 2. The van der Waals surface area contributed by atoms with Gasteiger partial charge in [0, 0.05) is 11.7 Å². The van der Waals surface area contributed by atoms with Gasteiger partial charge in [0.15, 0.2) is 0 Å². The summed E-state index contributed by atoms with van der Waals surface area (Å²) >= 11 is 0. The number of carbonyl (C=O) groups excluding carboxylic acids is 1. The number of carboxylic acid groups (broad SMARTS) is 1. The molecule has 0 aliphatic heterocycles. The van der Waals surface area contributed by atoms with Crippen LogP contribution in [0.4, 0.5) is 10.5 Å². The largest absolute Gasteiger partial charge is 0.481 e. The highest BCUT2D eigenvalue weighted by molar-refractivity contribution is 5.89. The Bertz CT molecular complexity index is 573. The molecule has 3 N–H and O–H groups in total. The molecule has 1 aliphatic rings. The molecule has 2 amide bonds. The fourth-order valence-corrected chi connectivity index (χ4v) is 3.05. The molecule has 1 saturated carbocycles. The van der Waals surface area contributed by atoms with E-state index in [2.05, 4.69) is 43.5 Å². The number of hydrogen-bond acceptors (Lipinski definition) is 2. The Morgan fingerprint density at radius 2 is 1.71 bits per heavy atom. The van der Waals surface area contributed by atoms with Crippen LogP contribution in [0.1, 0.15) is 58.4 Å². The first-order valence-corrected chi connectivity index (χ1v) is 8.72. The number of carbonyl (C=O) groups is 2. The Balaban J connectivity index is 1.84. The highest BCUT2D eigenvalue weighted by atomic mass is 16.4. The van der Waals surface area contributed by atoms with Gasteiger partial charge in [-0.15, -0.1) is 0 Å². The van der Waals surface area contributed by atoms with Gasteiger partial charge in [-0.2, -0.15) is 0 Å². The Hall–Kier alpha value is -2.04. The molecule has 2 rings (SSSR count). The van der Waals surface area contributed by atoms with Gasteiger partial charge in [-0.3, -0.25) is 4.79 Å². The first kappa shape index (κ1) is 18.3. The van der Waals surface area contributed by atoms with Crippen molar-refractivity contribution in [1.82, 2.24) is 5.32 Å². The lowest BCUT2D eigenvalue weighted by atomic mass is 9.82. The monoisotopic (exact) mass is 332 g/mol. The standard InChI is InChI=1S/C19H28N2O3/c1-4-19(2,3)14-7-11-16(12-8-14)21-18(24)20-15-9-5-13(6-10-15)17(22)23/h7-8,11-13,15H,4-6,9-10H2,1-3H3,(H,22,23)(H2,20,21,24). The molecule has 0 unspecified atom stereocenters. The second-order valence-electron chi connectivity index (χ2n) is 7.30. The van der Waals surface area contributed by atoms with Crippen molar-refractivity contribution in [2.45, 2.75) is 64.3 Å². The summed E-state index contributed by atoms with van der Waals surface area (Å²) in [7, 11) is 0. The number of rotatable bonds is 5. The van der Waals surface area contributed by atoms with Crippen LogP contribution < -0.4 is 10.6 Å². The highest BCUT2D eigenvalue weighted by Gasteiger charge is 2.26. The fourth-order valence-electron chi connectivity index (χ4n) is 3.05. The van der Waals surface area contributed by atoms with Crippen molar-refractivity contribution in [2.24, 2.45) is 5.92 Å². The number of anilines is 1. The van der Waals surface area contributed by atoms with E-state index in [-0.39, 0.29) is 23.4 Å². The molecule has 0 atom stereocenters. The second-order valence-corrected chi connectivity index (χ2v) is 7.30. The summed E-state index contributed by atoms with van der Waals surface area (Å²) in [4.78, 5) is 23.0. The molecule has 1 fully saturated rings. The van der Waals surface area contributed by atoms with Gasteiger partial charge in [0.2, 0.25) is 0 Å². The quantitative estimate of drug-likeness (QED) is 0.758. The summed E-state index contributed by atoms with van der Waals surface area (Å²) in [6.45, 7) is 6.57. The fraction of sp³-hybridized carbons (Fsp3) is 0.579. The first-order valence-electron chi connectivity index (χ1n) is 8.72. The van der Waals surface area contributed by atoms with E-state index in [9.17, 15) is 9.59 Å². The molecule has 5 heteroatoms. The summed E-state index contributed by atoms with van der Waals surface area (Å²) in [5.41, 5.74) is 2.15. The zero-order chi connectivity index (χ0) is 17.7. The average molecular weight is 332 g/mol. The summed E-state index contributed by atoms with van der Waals surface area (Å²) in [6.07, 6.45) is 3.74. The molecular weight excluding hydrogens is 304 g/mol. The predicted molar refractivity (Wildman–Crippen MR) is 95.3 cm³/mol. The number of amides is 2. The molecule has 1 aromatic carbocycles. The number of aliphatic carboxylic acids is 1. The Kier molecular flexibility index (Phi) is 5.86. The minimum Gasteiger partial charge on any atom is -0.481 e. The van der Waals surface area contributed by atoms with Gasteiger partial charge in [-0.25, -0.2) is 4.79 Å². The van der Waals surface area contributed by atoms with Crippen LogP contribution in [-0.4, -0.2) is 23.1 Å². The third kappa shape index (κ3) is 4.73. The Labute approximate surface area is 143 Å². The number of benzene rings is 1. The molecule has 0 saturated heterocycles. The molecular formula is C19H28N2O3. The van der Waals surface area contributed by atoms with Crippen LogP contribution in [-0.2, 0) is 10.2 Å². The van der Waals surface area contributed by atoms with Gasteiger partial charge in [0.25, 0.3) is 0 Å². The van der Waals surface area contributed by atoms with Crippen LogP contribution in [0.25, 0.3) is 0 Å². The molecule has 0 radical (unpaired) electrons. The van der Waals surface area contributed by atoms with Gasteiger partial charge in [0.1, 0.15) is 0 Å². The second kappa shape index (κ2) is 7.69. The van der Waals surface area contributed by atoms with Crippen LogP contribution in [0.5, 0.6) is 0 Å². The van der Waals surface area contributed by atoms with Crippen molar-refractivity contribution in [3.05, 3.63) is 29.8 Å². The summed E-state index contributed by atoms with van der Waals surface area (Å²) < 4.78 is 0. The molecule has 0 spiro atoms. The minimum absolute atomic E-state index is 0.0545. The lowest BCUT2D eigenvalue weighted by molar-refractivity contribution is -0.142. The first-order chi connectivity index (χ1) is 11.3. The number of hydrogen-bond donors (Lipinski definition) is 3. The normalized spacial score (nSPS) is 21.1. The molecule has 0 aromatic heterocycles. The molecule has 132 valence electrons. The van der Waals surface area contributed by atoms with E-state index < -0.39 is 5.97 Å². The van der Waals surface area contributed by atoms with Crippen LogP contribution in [0, 0.1) is 5.92 Å². The van der Waals surface area contributed by atoms with Gasteiger partial charge in [0.05, 0.1) is 5.92 Å². The average Bonchev–Trinajstić information content (AvgIpc) is 2.55. The van der Waals surface area contributed by atoms with Gasteiger partial charge >= 0.3 is 12.0 Å². The van der Waals surface area contributed by atoms with E-state index in [1.807, 2.05) is 12.1 Å².